The molecule has 2 aromatic carbocycles. The van der Waals surface area contributed by atoms with E-state index in [1.165, 1.54) is 22.5 Å². The number of benzene rings is 2. The molecule has 2 amide bonds. The number of hydrogen-bond acceptors (Lipinski definition) is 4. The minimum absolute atomic E-state index is 0.142. The average molecular weight is 433 g/mol. The number of aromatic nitrogens is 2. The van der Waals surface area contributed by atoms with Gasteiger partial charge in [-0.25, -0.2) is 0 Å². The van der Waals surface area contributed by atoms with Crippen molar-refractivity contribution < 1.29 is 9.59 Å². The Kier molecular flexibility index (Phi) is 6.13. The largest absolute Gasteiger partial charge is 0.350 e. The van der Waals surface area contributed by atoms with Crippen molar-refractivity contribution in [1.29, 1.82) is 0 Å². The van der Waals surface area contributed by atoms with Crippen LogP contribution in [0.5, 0.6) is 0 Å². The Morgan fingerprint density at radius 3 is 2.32 bits per heavy atom. The zero-order valence-electron chi connectivity index (χ0n) is 17.5. The van der Waals surface area contributed by atoms with Crippen LogP contribution in [-0.4, -0.2) is 34.7 Å². The van der Waals surface area contributed by atoms with Crippen LogP contribution < -0.4 is 10.6 Å². The number of nitrogens with one attached hydrogen (secondary N) is 2. The fourth-order valence-electron chi connectivity index (χ4n) is 3.33. The van der Waals surface area contributed by atoms with E-state index in [1.54, 1.807) is 12.1 Å². The first-order chi connectivity index (χ1) is 15.0. The van der Waals surface area contributed by atoms with Crippen molar-refractivity contribution in [2.45, 2.75) is 20.4 Å². The van der Waals surface area contributed by atoms with E-state index in [-0.39, 0.29) is 11.8 Å². The second kappa shape index (κ2) is 9.14. The summed E-state index contributed by atoms with van der Waals surface area (Å²) in [4.78, 5) is 26.3. The van der Waals surface area contributed by atoms with Gasteiger partial charge in [0.15, 0.2) is 0 Å². The van der Waals surface area contributed by atoms with Crippen LogP contribution in [0.3, 0.4) is 0 Å². The molecule has 31 heavy (non-hydrogen) atoms. The summed E-state index contributed by atoms with van der Waals surface area (Å²) >= 11 is 1.44. The van der Waals surface area contributed by atoms with Crippen molar-refractivity contribution in [3.05, 3.63) is 87.9 Å². The van der Waals surface area contributed by atoms with Crippen LogP contribution in [0.15, 0.2) is 60.7 Å². The molecular weight excluding hydrogens is 408 g/mol. The van der Waals surface area contributed by atoms with E-state index in [2.05, 4.69) is 46.9 Å². The van der Waals surface area contributed by atoms with Gasteiger partial charge in [-0.3, -0.25) is 14.3 Å². The number of fused-ring (bicyclic) bond motifs is 1. The van der Waals surface area contributed by atoms with E-state index >= 15 is 0 Å². The second-order valence-electron chi connectivity index (χ2n) is 7.44. The third-order valence-corrected chi connectivity index (χ3v) is 6.16. The van der Waals surface area contributed by atoms with Crippen molar-refractivity contribution in [2.24, 2.45) is 0 Å². The molecule has 0 bridgehead atoms. The molecule has 0 aliphatic heterocycles. The molecule has 2 N–H and O–H groups in total. The average Bonchev–Trinajstić information content (AvgIpc) is 3.34. The van der Waals surface area contributed by atoms with E-state index < -0.39 is 0 Å². The van der Waals surface area contributed by atoms with Crippen molar-refractivity contribution in [3.63, 3.8) is 0 Å². The number of aryl methyl sites for hydroxylation is 2. The van der Waals surface area contributed by atoms with E-state index in [1.807, 2.05) is 35.9 Å². The lowest BCUT2D eigenvalue weighted by Gasteiger charge is -2.06. The highest BCUT2D eigenvalue weighted by atomic mass is 32.1. The van der Waals surface area contributed by atoms with Gasteiger partial charge >= 0.3 is 0 Å². The van der Waals surface area contributed by atoms with Gasteiger partial charge in [0.2, 0.25) is 0 Å². The Hall–Kier alpha value is -3.45. The number of amides is 2. The van der Waals surface area contributed by atoms with Gasteiger partial charge in [-0.2, -0.15) is 5.10 Å². The van der Waals surface area contributed by atoms with Crippen LogP contribution in [0.4, 0.5) is 0 Å². The fraction of sp³-hybridized carbons (Fsp3) is 0.208. The first-order valence-electron chi connectivity index (χ1n) is 10.1. The number of rotatable bonds is 7. The molecule has 0 saturated carbocycles. The molecule has 4 rings (SSSR count). The topological polar surface area (TPSA) is 76.0 Å². The molecule has 0 saturated heterocycles. The first kappa shape index (κ1) is 20.8. The van der Waals surface area contributed by atoms with Gasteiger partial charge in [0.25, 0.3) is 11.8 Å². The minimum atomic E-state index is -0.150. The third-order valence-electron chi connectivity index (χ3n) is 5.02. The van der Waals surface area contributed by atoms with Crippen LogP contribution in [-0.2, 0) is 6.54 Å². The molecule has 7 heteroatoms. The van der Waals surface area contributed by atoms with Gasteiger partial charge in [0, 0.05) is 24.0 Å². The highest BCUT2D eigenvalue weighted by Gasteiger charge is 2.16. The summed E-state index contributed by atoms with van der Waals surface area (Å²) in [6, 6.07) is 19.3. The van der Waals surface area contributed by atoms with Gasteiger partial charge in [0.05, 0.1) is 17.1 Å². The molecule has 0 atom stereocenters. The Morgan fingerprint density at radius 1 is 0.935 bits per heavy atom. The number of hydrogen-bond donors (Lipinski definition) is 2. The smallest absolute Gasteiger partial charge is 0.261 e. The van der Waals surface area contributed by atoms with Gasteiger partial charge in [-0.1, -0.05) is 48.0 Å². The summed E-state index contributed by atoms with van der Waals surface area (Å²) in [6.07, 6.45) is 0. The Bertz CT molecular complexity index is 1210. The minimum Gasteiger partial charge on any atom is -0.350 e. The molecule has 0 aliphatic carbocycles. The lowest BCUT2D eigenvalue weighted by atomic mass is 10.1. The first-order valence-corrected chi connectivity index (χ1v) is 11.0. The molecule has 6 nitrogen and oxygen atoms in total. The third kappa shape index (κ3) is 4.83. The lowest BCUT2D eigenvalue weighted by molar-refractivity contribution is 0.0929. The van der Waals surface area contributed by atoms with Crippen molar-refractivity contribution in [2.75, 3.05) is 13.1 Å². The van der Waals surface area contributed by atoms with Crippen LogP contribution in [0.25, 0.3) is 10.2 Å². The number of carbonyl (C=O) groups is 2. The molecule has 0 aliphatic rings. The Morgan fingerprint density at radius 2 is 1.61 bits per heavy atom. The van der Waals surface area contributed by atoms with Crippen molar-refractivity contribution in [1.82, 2.24) is 20.4 Å². The number of nitrogens with zero attached hydrogens (tertiary/aromatic N) is 2. The summed E-state index contributed by atoms with van der Waals surface area (Å²) in [5, 5.41) is 11.3. The summed E-state index contributed by atoms with van der Waals surface area (Å²) in [5.74, 6) is -0.292. The molecule has 0 fully saturated rings. The maximum absolute atomic E-state index is 12.6. The molecule has 0 radical (unpaired) electrons. The van der Waals surface area contributed by atoms with Crippen molar-refractivity contribution in [3.8, 4) is 0 Å². The van der Waals surface area contributed by atoms with E-state index in [4.69, 9.17) is 0 Å². The monoisotopic (exact) mass is 432 g/mol. The summed E-state index contributed by atoms with van der Waals surface area (Å²) in [5.41, 5.74) is 3.91. The molecule has 0 unspecified atom stereocenters. The molecule has 0 spiro atoms. The quantitative estimate of drug-likeness (QED) is 0.435. The lowest BCUT2D eigenvalue weighted by Crippen LogP contribution is -2.34. The predicted molar refractivity (Wildman–Crippen MR) is 124 cm³/mol. The SMILES string of the molecule is Cc1ccc(Cn2nc(C)c3cc(C(=O)NCCNC(=O)c4ccccc4)sc32)cc1. The van der Waals surface area contributed by atoms with Crippen LogP contribution >= 0.6 is 11.3 Å². The Balaban J connectivity index is 1.37. The highest BCUT2D eigenvalue weighted by molar-refractivity contribution is 7.20. The van der Waals surface area contributed by atoms with Crippen LogP contribution in [0.2, 0.25) is 0 Å². The second-order valence-corrected chi connectivity index (χ2v) is 8.47. The zero-order chi connectivity index (χ0) is 21.8. The number of carbonyl (C=O) groups excluding carboxylic acids is 2. The van der Waals surface area contributed by atoms with E-state index in [0.717, 1.165) is 15.9 Å². The molecule has 158 valence electrons. The maximum Gasteiger partial charge on any atom is 0.261 e. The summed E-state index contributed by atoms with van der Waals surface area (Å²) < 4.78 is 1.96. The van der Waals surface area contributed by atoms with E-state index in [0.29, 0.717) is 30.1 Å². The maximum atomic E-state index is 12.6. The standard InChI is InChI=1S/C24H24N4O2S/c1-16-8-10-18(11-9-16)15-28-24-20(17(2)27-28)14-21(31-24)23(30)26-13-12-25-22(29)19-6-4-3-5-7-19/h3-11,14H,12-13,15H2,1-2H3,(H,25,29)(H,26,30). The normalized spacial score (nSPS) is 10.9. The van der Waals surface area contributed by atoms with Gasteiger partial charge in [-0.15, -0.1) is 11.3 Å². The predicted octanol–water partition coefficient (Wildman–Crippen LogP) is 3.92. The Labute approximate surface area is 184 Å². The van der Waals surface area contributed by atoms with E-state index in [9.17, 15) is 9.59 Å². The highest BCUT2D eigenvalue weighted by Crippen LogP contribution is 2.28. The summed E-state index contributed by atoms with van der Waals surface area (Å²) in [6.45, 7) is 5.42. The summed E-state index contributed by atoms with van der Waals surface area (Å²) in [7, 11) is 0. The van der Waals surface area contributed by atoms with Gasteiger partial charge in [0.1, 0.15) is 4.83 Å². The van der Waals surface area contributed by atoms with Gasteiger partial charge < -0.3 is 10.6 Å². The van der Waals surface area contributed by atoms with Gasteiger partial charge in [-0.05, 0) is 37.6 Å². The molecule has 4 aromatic rings. The van der Waals surface area contributed by atoms with Crippen molar-refractivity contribution >= 4 is 33.4 Å². The van der Waals surface area contributed by atoms with Crippen LogP contribution in [0, 0.1) is 13.8 Å². The molecular formula is C24H24N4O2S. The van der Waals surface area contributed by atoms with Crippen LogP contribution in [0.1, 0.15) is 36.9 Å². The number of thiophene rings is 1. The zero-order valence-corrected chi connectivity index (χ0v) is 18.3. The molecule has 2 aromatic heterocycles. The fourth-order valence-corrected chi connectivity index (χ4v) is 4.41. The molecule has 2 heterocycles.